The predicted molar refractivity (Wildman–Crippen MR) is 80.3 cm³/mol. The van der Waals surface area contributed by atoms with E-state index in [1.54, 1.807) is 19.1 Å². The summed E-state index contributed by atoms with van der Waals surface area (Å²) in [7, 11) is 0. The maximum absolute atomic E-state index is 12.4. The highest BCUT2D eigenvalue weighted by Gasteiger charge is 2.29. The number of aryl methyl sites for hydroxylation is 1. The summed E-state index contributed by atoms with van der Waals surface area (Å²) in [6.45, 7) is 2.01. The lowest BCUT2D eigenvalue weighted by atomic mass is 10.1. The number of nitrogens with one attached hydrogen (secondary N) is 1. The van der Waals surface area contributed by atoms with Crippen LogP contribution in [-0.4, -0.2) is 53.1 Å². The molecule has 0 fully saturated rings. The molecule has 23 heavy (non-hydrogen) atoms. The molecule has 1 rings (SSSR count). The Balaban J connectivity index is 2.83. The average molecular weight is 334 g/mol. The van der Waals surface area contributed by atoms with Crippen molar-refractivity contribution in [3.63, 3.8) is 0 Å². The largest absolute Gasteiger partial charge is 0.394 e. The summed E-state index contributed by atoms with van der Waals surface area (Å²) >= 11 is 0. The minimum Gasteiger partial charge on any atom is -0.394 e. The number of benzene rings is 1. The van der Waals surface area contributed by atoms with Gasteiger partial charge >= 0.3 is 12.2 Å². The quantitative estimate of drug-likeness (QED) is 0.748. The number of nitrogens with zero attached hydrogens (tertiary/aromatic N) is 1. The summed E-state index contributed by atoms with van der Waals surface area (Å²) in [5.74, 6) is 0. The Bertz CT molecular complexity index is 535. The number of carbonyl (C=O) groups is 1. The summed E-state index contributed by atoms with van der Waals surface area (Å²) < 4.78 is 37.1. The van der Waals surface area contributed by atoms with Crippen LogP contribution in [0.25, 0.3) is 0 Å². The van der Waals surface area contributed by atoms with Crippen molar-refractivity contribution in [2.45, 2.75) is 32.5 Å². The highest BCUT2D eigenvalue weighted by Crippen LogP contribution is 2.21. The number of hydrogen-bond acceptors (Lipinski definition) is 3. The van der Waals surface area contributed by atoms with E-state index in [0.717, 1.165) is 16.0 Å². The van der Waals surface area contributed by atoms with Crippen LogP contribution >= 0.6 is 0 Å². The van der Waals surface area contributed by atoms with Crippen LogP contribution in [0, 0.1) is 13.8 Å². The molecular formula is C15H21F3N2O3. The first-order valence-electron chi connectivity index (χ1n) is 7.12. The van der Waals surface area contributed by atoms with Crippen molar-refractivity contribution >= 4 is 11.7 Å². The Morgan fingerprint density at radius 2 is 2.00 bits per heavy atom. The summed E-state index contributed by atoms with van der Waals surface area (Å²) in [4.78, 5) is 13.0. The molecule has 130 valence electrons. The molecule has 0 spiro atoms. The van der Waals surface area contributed by atoms with E-state index in [1.165, 1.54) is 0 Å². The normalized spacial score (nSPS) is 12.8. The Hall–Kier alpha value is -1.80. The summed E-state index contributed by atoms with van der Waals surface area (Å²) in [6.07, 6.45) is -6.90. The molecule has 0 aromatic heterocycles. The first-order valence-corrected chi connectivity index (χ1v) is 7.12. The van der Waals surface area contributed by atoms with Crippen molar-refractivity contribution in [3.05, 3.63) is 29.3 Å². The minimum atomic E-state index is -4.41. The molecule has 0 radical (unpaired) electrons. The number of amides is 2. The Morgan fingerprint density at radius 3 is 2.57 bits per heavy atom. The van der Waals surface area contributed by atoms with Crippen molar-refractivity contribution in [1.82, 2.24) is 4.90 Å². The molecule has 1 aromatic carbocycles. The second-order valence-electron chi connectivity index (χ2n) is 5.33. The van der Waals surface area contributed by atoms with Gasteiger partial charge in [-0.2, -0.15) is 13.2 Å². The minimum absolute atomic E-state index is 0.386. The zero-order chi connectivity index (χ0) is 17.6. The van der Waals surface area contributed by atoms with Gasteiger partial charge in [0.05, 0.1) is 25.7 Å². The highest BCUT2D eigenvalue weighted by atomic mass is 19.4. The fraction of sp³-hybridized carbons (Fsp3) is 0.533. The van der Waals surface area contributed by atoms with E-state index in [-0.39, 0.29) is 6.54 Å². The van der Waals surface area contributed by atoms with E-state index in [1.807, 2.05) is 13.0 Å². The Labute approximate surface area is 132 Å². The van der Waals surface area contributed by atoms with Gasteiger partial charge in [0.2, 0.25) is 0 Å². The lowest BCUT2D eigenvalue weighted by Gasteiger charge is -2.26. The number of anilines is 1. The van der Waals surface area contributed by atoms with Gasteiger partial charge in [-0.05, 0) is 31.0 Å². The summed E-state index contributed by atoms with van der Waals surface area (Å²) in [6, 6.07) is 4.46. The van der Waals surface area contributed by atoms with Gasteiger partial charge < -0.3 is 20.4 Å². The number of urea groups is 1. The lowest BCUT2D eigenvalue weighted by molar-refractivity contribution is -0.137. The fourth-order valence-electron chi connectivity index (χ4n) is 1.93. The Kier molecular flexibility index (Phi) is 6.83. The molecule has 0 aliphatic carbocycles. The van der Waals surface area contributed by atoms with Gasteiger partial charge in [0.1, 0.15) is 0 Å². The summed E-state index contributed by atoms with van der Waals surface area (Å²) in [5.41, 5.74) is 2.23. The molecule has 0 unspecified atom stereocenters. The SMILES string of the molecule is Cc1cccc(NC(=O)N(CCC(F)(F)F)C[C@H](O)CO)c1C. The van der Waals surface area contributed by atoms with Crippen LogP contribution in [0.1, 0.15) is 17.5 Å². The fourth-order valence-corrected chi connectivity index (χ4v) is 1.93. The second-order valence-corrected chi connectivity index (χ2v) is 5.33. The molecule has 0 aliphatic rings. The van der Waals surface area contributed by atoms with Crippen LogP contribution in [-0.2, 0) is 0 Å². The van der Waals surface area contributed by atoms with Gasteiger partial charge in [0.15, 0.2) is 0 Å². The molecule has 5 nitrogen and oxygen atoms in total. The smallest absolute Gasteiger partial charge is 0.390 e. The molecule has 1 aromatic rings. The number of halogens is 3. The average Bonchev–Trinajstić information content (AvgIpc) is 2.46. The highest BCUT2D eigenvalue weighted by molar-refractivity contribution is 5.90. The van der Waals surface area contributed by atoms with Crippen molar-refractivity contribution in [3.8, 4) is 0 Å². The zero-order valence-electron chi connectivity index (χ0n) is 13.0. The zero-order valence-corrected chi connectivity index (χ0v) is 13.0. The number of alkyl halides is 3. The van der Waals surface area contributed by atoms with E-state index < -0.39 is 37.9 Å². The van der Waals surface area contributed by atoms with Crippen molar-refractivity contribution in [2.24, 2.45) is 0 Å². The summed E-state index contributed by atoms with van der Waals surface area (Å²) in [5, 5.41) is 20.8. The number of hydrogen-bond donors (Lipinski definition) is 3. The van der Waals surface area contributed by atoms with E-state index in [9.17, 15) is 23.1 Å². The standard InChI is InChI=1S/C15H21F3N2O3/c1-10-4-3-5-13(11(10)2)19-14(23)20(8-12(22)9-21)7-6-15(16,17)18/h3-5,12,21-22H,6-9H2,1-2H3,(H,19,23)/t12-/m0/s1. The van der Waals surface area contributed by atoms with Crippen LogP contribution in [0.4, 0.5) is 23.7 Å². The van der Waals surface area contributed by atoms with Crippen LogP contribution in [0.5, 0.6) is 0 Å². The third-order valence-corrected chi connectivity index (χ3v) is 3.44. The van der Waals surface area contributed by atoms with Crippen LogP contribution < -0.4 is 5.32 Å². The predicted octanol–water partition coefficient (Wildman–Crippen LogP) is 2.44. The third-order valence-electron chi connectivity index (χ3n) is 3.44. The van der Waals surface area contributed by atoms with Crippen molar-refractivity contribution in [2.75, 3.05) is 25.0 Å². The molecule has 0 saturated heterocycles. The van der Waals surface area contributed by atoms with E-state index in [4.69, 9.17) is 5.11 Å². The maximum Gasteiger partial charge on any atom is 0.390 e. The van der Waals surface area contributed by atoms with Gasteiger partial charge in [-0.1, -0.05) is 12.1 Å². The van der Waals surface area contributed by atoms with E-state index >= 15 is 0 Å². The Morgan fingerprint density at radius 1 is 1.35 bits per heavy atom. The molecule has 0 aliphatic heterocycles. The van der Waals surface area contributed by atoms with Gasteiger partial charge in [0.25, 0.3) is 0 Å². The topological polar surface area (TPSA) is 72.8 Å². The number of aliphatic hydroxyl groups is 2. The first kappa shape index (κ1) is 19.2. The van der Waals surface area contributed by atoms with Gasteiger partial charge in [0, 0.05) is 12.2 Å². The molecular weight excluding hydrogens is 313 g/mol. The lowest BCUT2D eigenvalue weighted by Crippen LogP contribution is -2.43. The third kappa shape index (κ3) is 6.45. The van der Waals surface area contributed by atoms with Crippen LogP contribution in [0.3, 0.4) is 0 Å². The van der Waals surface area contributed by atoms with Crippen LogP contribution in [0.15, 0.2) is 18.2 Å². The van der Waals surface area contributed by atoms with Gasteiger partial charge in [-0.3, -0.25) is 0 Å². The monoisotopic (exact) mass is 334 g/mol. The number of rotatable bonds is 6. The molecule has 2 amide bonds. The molecule has 8 heteroatoms. The van der Waals surface area contributed by atoms with Crippen LogP contribution in [0.2, 0.25) is 0 Å². The second kappa shape index (κ2) is 8.16. The molecule has 1 atom stereocenters. The number of carbonyl (C=O) groups excluding carboxylic acids is 1. The maximum atomic E-state index is 12.4. The van der Waals surface area contributed by atoms with Crippen molar-refractivity contribution in [1.29, 1.82) is 0 Å². The van der Waals surface area contributed by atoms with E-state index in [0.29, 0.717) is 5.69 Å². The molecule has 0 heterocycles. The number of aliphatic hydroxyl groups excluding tert-OH is 2. The van der Waals surface area contributed by atoms with Gasteiger partial charge in [-0.15, -0.1) is 0 Å². The van der Waals surface area contributed by atoms with E-state index in [2.05, 4.69) is 5.32 Å². The molecule has 0 bridgehead atoms. The van der Waals surface area contributed by atoms with Gasteiger partial charge in [-0.25, -0.2) is 4.79 Å². The molecule has 0 saturated carbocycles. The molecule has 3 N–H and O–H groups in total. The first-order chi connectivity index (χ1) is 10.6. The van der Waals surface area contributed by atoms with Crippen molar-refractivity contribution < 1.29 is 28.2 Å².